The quantitative estimate of drug-likeness (QED) is 0.529. The van der Waals surface area contributed by atoms with Gasteiger partial charge in [0.1, 0.15) is 0 Å². The highest BCUT2D eigenvalue weighted by atomic mass is 32.2. The van der Waals surface area contributed by atoms with Crippen LogP contribution >= 0.6 is 0 Å². The first kappa shape index (κ1) is 9.87. The van der Waals surface area contributed by atoms with Crippen LogP contribution in [-0.4, -0.2) is 27.8 Å². The third-order valence-corrected chi connectivity index (χ3v) is 1.96. The lowest BCUT2D eigenvalue weighted by Crippen LogP contribution is -2.17. The van der Waals surface area contributed by atoms with E-state index < -0.39 is 10.0 Å². The Hall–Kier alpha value is -0.130. The van der Waals surface area contributed by atoms with E-state index in [0.29, 0.717) is 6.42 Å². The van der Waals surface area contributed by atoms with Crippen LogP contribution in [0.3, 0.4) is 0 Å². The molecule has 0 aromatic rings. The largest absolute Gasteiger partial charge is 0.320 e. The van der Waals surface area contributed by atoms with Crippen LogP contribution in [0.2, 0.25) is 0 Å². The molecule has 0 aliphatic carbocycles. The van der Waals surface area contributed by atoms with E-state index in [1.54, 1.807) is 0 Å². The number of sulfonamides is 1. The third kappa shape index (κ3) is 7.87. The molecular weight excluding hydrogens is 152 g/mol. The lowest BCUT2D eigenvalue weighted by Gasteiger charge is -1.97. The summed E-state index contributed by atoms with van der Waals surface area (Å²) < 4.78 is 20.7. The van der Waals surface area contributed by atoms with Crippen molar-refractivity contribution in [1.82, 2.24) is 5.32 Å². The van der Waals surface area contributed by atoms with Crippen molar-refractivity contribution in [1.29, 1.82) is 0 Å². The van der Waals surface area contributed by atoms with Gasteiger partial charge in [0.2, 0.25) is 10.0 Å². The van der Waals surface area contributed by atoms with E-state index >= 15 is 0 Å². The Kier molecular flexibility index (Phi) is 4.59. The zero-order chi connectivity index (χ0) is 8.04. The first-order valence-corrected chi connectivity index (χ1v) is 4.93. The molecule has 10 heavy (non-hydrogen) atoms. The molecule has 0 aliphatic heterocycles. The minimum absolute atomic E-state index is 0.0919. The molecule has 0 unspecified atom stereocenters. The summed E-state index contributed by atoms with van der Waals surface area (Å²) >= 11 is 0. The van der Waals surface area contributed by atoms with Gasteiger partial charge in [0, 0.05) is 0 Å². The van der Waals surface area contributed by atoms with Gasteiger partial charge in [0.25, 0.3) is 0 Å². The molecule has 0 spiro atoms. The Bertz CT molecular complexity index is 164. The van der Waals surface area contributed by atoms with Gasteiger partial charge < -0.3 is 5.32 Å². The highest BCUT2D eigenvalue weighted by Gasteiger charge is 1.99. The molecule has 0 amide bonds. The van der Waals surface area contributed by atoms with Gasteiger partial charge in [-0.1, -0.05) is 0 Å². The first-order chi connectivity index (χ1) is 4.56. The number of hydrogen-bond donors (Lipinski definition) is 2. The second-order valence-corrected chi connectivity index (χ2v) is 3.91. The van der Waals surface area contributed by atoms with Crippen LogP contribution < -0.4 is 10.5 Å². The van der Waals surface area contributed by atoms with E-state index in [1.807, 2.05) is 7.05 Å². The monoisotopic (exact) mass is 166 g/mol. The summed E-state index contributed by atoms with van der Waals surface area (Å²) in [5.41, 5.74) is 0. The first-order valence-electron chi connectivity index (χ1n) is 3.21. The fourth-order valence-electron chi connectivity index (χ4n) is 0.605. The SMILES string of the molecule is CNCCCCS(N)(=O)=O. The maximum atomic E-state index is 10.4. The standard InChI is InChI=1S/C5H14N2O2S/c1-7-4-2-3-5-10(6,8)9/h7H,2-5H2,1H3,(H2,6,8,9). The molecule has 0 fully saturated rings. The van der Waals surface area contributed by atoms with Crippen LogP contribution in [0.1, 0.15) is 12.8 Å². The molecule has 0 aromatic carbocycles. The molecule has 5 heteroatoms. The second-order valence-electron chi connectivity index (χ2n) is 2.18. The van der Waals surface area contributed by atoms with Crippen molar-refractivity contribution in [2.75, 3.05) is 19.3 Å². The zero-order valence-electron chi connectivity index (χ0n) is 6.13. The number of nitrogens with one attached hydrogen (secondary N) is 1. The molecule has 0 rings (SSSR count). The van der Waals surface area contributed by atoms with Gasteiger partial charge in [0.05, 0.1) is 5.75 Å². The van der Waals surface area contributed by atoms with Gasteiger partial charge in [-0.25, -0.2) is 13.6 Å². The molecule has 62 valence electrons. The number of nitrogens with two attached hydrogens (primary N) is 1. The highest BCUT2D eigenvalue weighted by molar-refractivity contribution is 7.89. The van der Waals surface area contributed by atoms with Crippen LogP contribution in [0.25, 0.3) is 0 Å². The third-order valence-electron chi connectivity index (χ3n) is 1.11. The summed E-state index contributed by atoms with van der Waals surface area (Å²) in [5.74, 6) is 0.0919. The Morgan fingerprint density at radius 2 is 2.00 bits per heavy atom. The van der Waals surface area contributed by atoms with Gasteiger partial charge in [-0.2, -0.15) is 0 Å². The van der Waals surface area contributed by atoms with Crippen LogP contribution in [0, 0.1) is 0 Å². The molecular formula is C5H14N2O2S. The Morgan fingerprint density at radius 3 is 2.40 bits per heavy atom. The van der Waals surface area contributed by atoms with E-state index in [9.17, 15) is 8.42 Å². The highest BCUT2D eigenvalue weighted by Crippen LogP contribution is 1.89. The van der Waals surface area contributed by atoms with Crippen LogP contribution in [0.5, 0.6) is 0 Å². The van der Waals surface area contributed by atoms with Crippen LogP contribution in [0.4, 0.5) is 0 Å². The van der Waals surface area contributed by atoms with Crippen LogP contribution in [0.15, 0.2) is 0 Å². The molecule has 0 bridgehead atoms. The molecule has 0 heterocycles. The van der Waals surface area contributed by atoms with Gasteiger partial charge in [-0.15, -0.1) is 0 Å². The summed E-state index contributed by atoms with van der Waals surface area (Å²) in [4.78, 5) is 0. The Morgan fingerprint density at radius 1 is 1.40 bits per heavy atom. The van der Waals surface area contributed by atoms with Crippen LogP contribution in [-0.2, 0) is 10.0 Å². The summed E-state index contributed by atoms with van der Waals surface area (Å²) in [5, 5.41) is 7.69. The minimum Gasteiger partial charge on any atom is -0.320 e. The van der Waals surface area contributed by atoms with E-state index in [4.69, 9.17) is 5.14 Å². The molecule has 0 atom stereocenters. The molecule has 0 radical (unpaired) electrons. The molecule has 0 aromatic heterocycles. The summed E-state index contributed by atoms with van der Waals surface area (Å²) in [6.45, 7) is 0.843. The van der Waals surface area contributed by atoms with Crippen molar-refractivity contribution in [3.8, 4) is 0 Å². The van der Waals surface area contributed by atoms with Crippen molar-refractivity contribution in [2.24, 2.45) is 5.14 Å². The topological polar surface area (TPSA) is 72.2 Å². The summed E-state index contributed by atoms with van der Waals surface area (Å²) in [7, 11) is -1.40. The van der Waals surface area contributed by atoms with Gasteiger partial charge in [-0.05, 0) is 26.4 Å². The smallest absolute Gasteiger partial charge is 0.209 e. The lowest BCUT2D eigenvalue weighted by atomic mass is 10.3. The fraction of sp³-hybridized carbons (Fsp3) is 1.00. The van der Waals surface area contributed by atoms with Gasteiger partial charge in [0.15, 0.2) is 0 Å². The normalized spacial score (nSPS) is 11.8. The molecule has 0 aliphatic rings. The van der Waals surface area contributed by atoms with Crippen molar-refractivity contribution < 1.29 is 8.42 Å². The molecule has 0 saturated heterocycles. The van der Waals surface area contributed by atoms with E-state index in [1.165, 1.54) is 0 Å². The average Bonchev–Trinajstić information content (AvgIpc) is 1.78. The van der Waals surface area contributed by atoms with Crippen molar-refractivity contribution in [3.05, 3.63) is 0 Å². The number of rotatable bonds is 5. The predicted molar refractivity (Wildman–Crippen MR) is 41.1 cm³/mol. The average molecular weight is 166 g/mol. The fourth-order valence-corrected chi connectivity index (χ4v) is 1.21. The van der Waals surface area contributed by atoms with Gasteiger partial charge in [-0.3, -0.25) is 0 Å². The minimum atomic E-state index is -3.23. The Labute approximate surface area is 61.8 Å². The van der Waals surface area contributed by atoms with Crippen molar-refractivity contribution >= 4 is 10.0 Å². The second kappa shape index (κ2) is 4.65. The summed E-state index contributed by atoms with van der Waals surface area (Å²) in [6.07, 6.45) is 1.49. The predicted octanol–water partition coefficient (Wildman–Crippen LogP) is -0.725. The molecule has 3 N–H and O–H groups in total. The molecule has 0 saturated carbocycles. The summed E-state index contributed by atoms with van der Waals surface area (Å²) in [6, 6.07) is 0. The lowest BCUT2D eigenvalue weighted by molar-refractivity contribution is 0.591. The maximum Gasteiger partial charge on any atom is 0.209 e. The van der Waals surface area contributed by atoms with E-state index in [2.05, 4.69) is 5.32 Å². The molecule has 4 nitrogen and oxygen atoms in total. The zero-order valence-corrected chi connectivity index (χ0v) is 6.95. The van der Waals surface area contributed by atoms with Crippen molar-refractivity contribution in [2.45, 2.75) is 12.8 Å². The number of primary sulfonamides is 1. The number of hydrogen-bond acceptors (Lipinski definition) is 3. The Balaban J connectivity index is 3.21. The van der Waals surface area contributed by atoms with Crippen molar-refractivity contribution in [3.63, 3.8) is 0 Å². The van der Waals surface area contributed by atoms with E-state index in [-0.39, 0.29) is 5.75 Å². The maximum absolute atomic E-state index is 10.4. The number of unbranched alkanes of at least 4 members (excludes halogenated alkanes) is 1. The van der Waals surface area contributed by atoms with Gasteiger partial charge >= 0.3 is 0 Å². The van der Waals surface area contributed by atoms with E-state index in [0.717, 1.165) is 13.0 Å².